The molecule has 1 aromatic heterocycles. The Morgan fingerprint density at radius 3 is 2.62 bits per heavy atom. The fraction of sp³-hybridized carbons (Fsp3) is 0.556. The lowest BCUT2D eigenvalue weighted by atomic mass is 10.2. The van der Waals surface area contributed by atoms with E-state index in [2.05, 4.69) is 14.9 Å². The highest BCUT2D eigenvalue weighted by Crippen LogP contribution is 2.20. The van der Waals surface area contributed by atoms with Crippen LogP contribution in [-0.2, 0) is 0 Å². The van der Waals surface area contributed by atoms with Gasteiger partial charge in [0.25, 0.3) is 0 Å². The standard InChI is InChI=1S/C9H14N4/c1-12(2)8-6-9(11-7-10-8)13-4-3-5-13/h6-7H,3-5H2,1-2H3. The second-order valence-electron chi connectivity index (χ2n) is 3.47. The van der Waals surface area contributed by atoms with Crippen LogP contribution in [0.2, 0.25) is 0 Å². The van der Waals surface area contributed by atoms with Crippen LogP contribution in [0.3, 0.4) is 0 Å². The molecule has 1 aliphatic heterocycles. The van der Waals surface area contributed by atoms with Crippen molar-refractivity contribution in [3.05, 3.63) is 12.4 Å². The molecule has 0 saturated carbocycles. The van der Waals surface area contributed by atoms with Gasteiger partial charge in [0.2, 0.25) is 0 Å². The molecule has 1 saturated heterocycles. The SMILES string of the molecule is CN(C)c1cc(N2CCC2)ncn1. The highest BCUT2D eigenvalue weighted by Gasteiger charge is 2.16. The molecular formula is C9H14N4. The van der Waals surface area contributed by atoms with Gasteiger partial charge in [0.1, 0.15) is 18.0 Å². The van der Waals surface area contributed by atoms with Crippen LogP contribution in [-0.4, -0.2) is 37.2 Å². The normalized spacial score (nSPS) is 15.4. The Hall–Kier alpha value is -1.32. The van der Waals surface area contributed by atoms with Crippen LogP contribution in [0.15, 0.2) is 12.4 Å². The van der Waals surface area contributed by atoms with Gasteiger partial charge in [0, 0.05) is 33.3 Å². The summed E-state index contributed by atoms with van der Waals surface area (Å²) in [6.07, 6.45) is 2.91. The maximum absolute atomic E-state index is 4.23. The van der Waals surface area contributed by atoms with Gasteiger partial charge in [-0.1, -0.05) is 0 Å². The minimum atomic E-state index is 0.969. The Labute approximate surface area is 78.2 Å². The van der Waals surface area contributed by atoms with Gasteiger partial charge >= 0.3 is 0 Å². The first-order chi connectivity index (χ1) is 6.27. The highest BCUT2D eigenvalue weighted by atomic mass is 15.2. The Morgan fingerprint density at radius 2 is 2.08 bits per heavy atom. The van der Waals surface area contributed by atoms with E-state index in [-0.39, 0.29) is 0 Å². The zero-order valence-corrected chi connectivity index (χ0v) is 8.06. The summed E-state index contributed by atoms with van der Waals surface area (Å²) in [7, 11) is 3.98. The summed E-state index contributed by atoms with van der Waals surface area (Å²) >= 11 is 0. The molecule has 0 aromatic carbocycles. The number of nitrogens with zero attached hydrogens (tertiary/aromatic N) is 4. The molecule has 2 rings (SSSR count). The number of hydrogen-bond acceptors (Lipinski definition) is 4. The van der Waals surface area contributed by atoms with E-state index >= 15 is 0 Å². The summed E-state index contributed by atoms with van der Waals surface area (Å²) < 4.78 is 0. The maximum Gasteiger partial charge on any atom is 0.134 e. The van der Waals surface area contributed by atoms with Crippen molar-refractivity contribution < 1.29 is 0 Å². The molecule has 1 aliphatic rings. The van der Waals surface area contributed by atoms with Gasteiger partial charge in [-0.25, -0.2) is 9.97 Å². The van der Waals surface area contributed by atoms with E-state index in [1.54, 1.807) is 6.33 Å². The van der Waals surface area contributed by atoms with Crippen molar-refractivity contribution in [1.29, 1.82) is 0 Å². The number of anilines is 2. The van der Waals surface area contributed by atoms with Crippen molar-refractivity contribution in [3.63, 3.8) is 0 Å². The molecule has 1 fully saturated rings. The molecular weight excluding hydrogens is 164 g/mol. The predicted molar refractivity (Wildman–Crippen MR) is 53.2 cm³/mol. The average molecular weight is 178 g/mol. The Morgan fingerprint density at radius 1 is 1.31 bits per heavy atom. The van der Waals surface area contributed by atoms with Crippen molar-refractivity contribution in [3.8, 4) is 0 Å². The summed E-state index contributed by atoms with van der Waals surface area (Å²) in [4.78, 5) is 12.6. The van der Waals surface area contributed by atoms with Gasteiger partial charge in [-0.05, 0) is 6.42 Å². The number of rotatable bonds is 2. The second-order valence-corrected chi connectivity index (χ2v) is 3.47. The largest absolute Gasteiger partial charge is 0.363 e. The number of hydrogen-bond donors (Lipinski definition) is 0. The molecule has 0 amide bonds. The van der Waals surface area contributed by atoms with E-state index in [9.17, 15) is 0 Å². The first-order valence-electron chi connectivity index (χ1n) is 4.52. The molecule has 4 nitrogen and oxygen atoms in total. The van der Waals surface area contributed by atoms with Crippen molar-refractivity contribution in [2.45, 2.75) is 6.42 Å². The summed E-state index contributed by atoms with van der Waals surface area (Å²) in [6, 6.07) is 2.03. The molecule has 2 heterocycles. The van der Waals surface area contributed by atoms with E-state index in [0.717, 1.165) is 24.7 Å². The minimum Gasteiger partial charge on any atom is -0.363 e. The Bertz CT molecular complexity index is 293. The topological polar surface area (TPSA) is 32.3 Å². The van der Waals surface area contributed by atoms with Crippen LogP contribution >= 0.6 is 0 Å². The molecule has 4 heteroatoms. The fourth-order valence-corrected chi connectivity index (χ4v) is 1.30. The van der Waals surface area contributed by atoms with E-state index < -0.39 is 0 Å². The number of aromatic nitrogens is 2. The van der Waals surface area contributed by atoms with Gasteiger partial charge in [0.05, 0.1) is 0 Å². The summed E-state index contributed by atoms with van der Waals surface area (Å²) in [5, 5.41) is 0. The smallest absolute Gasteiger partial charge is 0.134 e. The van der Waals surface area contributed by atoms with Crippen LogP contribution in [0, 0.1) is 0 Å². The van der Waals surface area contributed by atoms with Gasteiger partial charge in [-0.3, -0.25) is 0 Å². The predicted octanol–water partition coefficient (Wildman–Crippen LogP) is 0.753. The lowest BCUT2D eigenvalue weighted by Gasteiger charge is -2.32. The zero-order valence-electron chi connectivity index (χ0n) is 8.06. The molecule has 0 N–H and O–H groups in total. The monoisotopic (exact) mass is 178 g/mol. The van der Waals surface area contributed by atoms with Crippen LogP contribution in [0.1, 0.15) is 6.42 Å². The molecule has 0 atom stereocenters. The summed E-state index contributed by atoms with van der Waals surface area (Å²) in [6.45, 7) is 2.26. The third-order valence-corrected chi connectivity index (χ3v) is 2.28. The van der Waals surface area contributed by atoms with Crippen LogP contribution < -0.4 is 9.80 Å². The summed E-state index contributed by atoms with van der Waals surface area (Å²) in [5.41, 5.74) is 0. The van der Waals surface area contributed by atoms with Crippen molar-refractivity contribution in [1.82, 2.24) is 9.97 Å². The minimum absolute atomic E-state index is 0.969. The third-order valence-electron chi connectivity index (χ3n) is 2.28. The maximum atomic E-state index is 4.23. The van der Waals surface area contributed by atoms with Crippen molar-refractivity contribution in [2.24, 2.45) is 0 Å². The van der Waals surface area contributed by atoms with Gasteiger partial charge in [0.15, 0.2) is 0 Å². The molecule has 0 unspecified atom stereocenters. The molecule has 13 heavy (non-hydrogen) atoms. The van der Waals surface area contributed by atoms with Crippen LogP contribution in [0.25, 0.3) is 0 Å². The quantitative estimate of drug-likeness (QED) is 0.669. The van der Waals surface area contributed by atoms with Crippen molar-refractivity contribution in [2.75, 3.05) is 37.0 Å². The molecule has 1 aromatic rings. The van der Waals surface area contributed by atoms with E-state index in [1.165, 1.54) is 6.42 Å². The molecule has 0 bridgehead atoms. The van der Waals surface area contributed by atoms with E-state index in [4.69, 9.17) is 0 Å². The molecule has 0 aliphatic carbocycles. The third kappa shape index (κ3) is 1.56. The average Bonchev–Trinajstić information content (AvgIpc) is 2.01. The Kier molecular flexibility index (Phi) is 2.04. The van der Waals surface area contributed by atoms with Gasteiger partial charge < -0.3 is 9.80 Å². The van der Waals surface area contributed by atoms with Gasteiger partial charge in [-0.15, -0.1) is 0 Å². The Balaban J connectivity index is 2.21. The highest BCUT2D eigenvalue weighted by molar-refractivity contribution is 5.50. The first-order valence-corrected chi connectivity index (χ1v) is 4.52. The summed E-state index contributed by atoms with van der Waals surface area (Å²) in [5.74, 6) is 2.02. The fourth-order valence-electron chi connectivity index (χ4n) is 1.30. The molecule has 0 spiro atoms. The van der Waals surface area contributed by atoms with Crippen molar-refractivity contribution >= 4 is 11.6 Å². The van der Waals surface area contributed by atoms with Crippen LogP contribution in [0.4, 0.5) is 11.6 Å². The van der Waals surface area contributed by atoms with E-state index in [1.807, 2.05) is 25.1 Å². The lowest BCUT2D eigenvalue weighted by Crippen LogP contribution is -2.37. The molecule has 70 valence electrons. The lowest BCUT2D eigenvalue weighted by molar-refractivity contribution is 0.609. The first kappa shape index (κ1) is 8.29. The van der Waals surface area contributed by atoms with Gasteiger partial charge in [-0.2, -0.15) is 0 Å². The second kappa shape index (κ2) is 3.20. The van der Waals surface area contributed by atoms with E-state index in [0.29, 0.717) is 0 Å². The molecule has 0 radical (unpaired) electrons. The van der Waals surface area contributed by atoms with Crippen LogP contribution in [0.5, 0.6) is 0 Å². The zero-order chi connectivity index (χ0) is 9.26.